The number of carbonyl (C=O) groups is 1. The minimum Gasteiger partial charge on any atom is -0.390 e. The summed E-state index contributed by atoms with van der Waals surface area (Å²) in [6.07, 6.45) is 3.42. The van der Waals surface area contributed by atoms with Crippen molar-refractivity contribution >= 4 is 5.91 Å². The van der Waals surface area contributed by atoms with E-state index < -0.39 is 11.7 Å². The molecule has 2 aliphatic heterocycles. The van der Waals surface area contributed by atoms with E-state index in [4.69, 9.17) is 0 Å². The highest BCUT2D eigenvalue weighted by Crippen LogP contribution is 2.23. The molecule has 0 bridgehead atoms. The van der Waals surface area contributed by atoms with Gasteiger partial charge >= 0.3 is 0 Å². The number of nitrogens with one attached hydrogen (secondary N) is 1. The maximum atomic E-state index is 12.6. The molecule has 1 amide bonds. The standard InChI is InChI=1S/C20H31N3O3/c24-18-9-13-23(19(25)17-7-3-1-4-8-17)16-20(18,26)15-21-10-14-22-11-5-2-6-12-22/h1,3-4,7-8,18,21,24,26H,2,5-6,9-16H2/t18-,20+/m0/s1. The highest BCUT2D eigenvalue weighted by molar-refractivity contribution is 5.94. The summed E-state index contributed by atoms with van der Waals surface area (Å²) in [7, 11) is 0. The fourth-order valence-electron chi connectivity index (χ4n) is 3.90. The molecule has 0 aromatic heterocycles. The molecule has 3 rings (SSSR count). The average Bonchev–Trinajstić information content (AvgIpc) is 2.68. The van der Waals surface area contributed by atoms with Crippen LogP contribution in [-0.4, -0.2) is 83.4 Å². The highest BCUT2D eigenvalue weighted by atomic mass is 16.3. The average molecular weight is 361 g/mol. The third-order valence-corrected chi connectivity index (χ3v) is 5.55. The number of rotatable bonds is 6. The van der Waals surface area contributed by atoms with Crippen LogP contribution in [0.3, 0.4) is 0 Å². The molecular formula is C20H31N3O3. The van der Waals surface area contributed by atoms with Crippen molar-refractivity contribution in [2.75, 3.05) is 45.8 Å². The fraction of sp³-hybridized carbons (Fsp3) is 0.650. The van der Waals surface area contributed by atoms with Gasteiger partial charge in [0, 0.05) is 31.7 Å². The monoisotopic (exact) mass is 361 g/mol. The summed E-state index contributed by atoms with van der Waals surface area (Å²) >= 11 is 0. The third kappa shape index (κ3) is 4.82. The second-order valence-corrected chi connectivity index (χ2v) is 7.58. The van der Waals surface area contributed by atoms with Crippen LogP contribution in [0.2, 0.25) is 0 Å². The first-order valence-corrected chi connectivity index (χ1v) is 9.76. The summed E-state index contributed by atoms with van der Waals surface area (Å²) in [5.41, 5.74) is -0.686. The molecule has 0 saturated carbocycles. The molecule has 2 atom stereocenters. The molecule has 0 unspecified atom stereocenters. The van der Waals surface area contributed by atoms with E-state index in [-0.39, 0.29) is 12.5 Å². The van der Waals surface area contributed by atoms with Crippen LogP contribution >= 0.6 is 0 Å². The Kier molecular flexibility index (Phi) is 6.64. The van der Waals surface area contributed by atoms with Crippen LogP contribution in [0.1, 0.15) is 36.0 Å². The van der Waals surface area contributed by atoms with Gasteiger partial charge in [0.2, 0.25) is 0 Å². The van der Waals surface area contributed by atoms with E-state index in [1.165, 1.54) is 19.3 Å². The molecule has 144 valence electrons. The van der Waals surface area contributed by atoms with Crippen LogP contribution in [0.4, 0.5) is 0 Å². The quantitative estimate of drug-likeness (QED) is 0.651. The third-order valence-electron chi connectivity index (χ3n) is 5.55. The van der Waals surface area contributed by atoms with Crippen LogP contribution in [0, 0.1) is 0 Å². The Morgan fingerprint density at radius 1 is 1.15 bits per heavy atom. The van der Waals surface area contributed by atoms with Gasteiger partial charge in [0.1, 0.15) is 5.60 Å². The maximum absolute atomic E-state index is 12.6. The number of aliphatic hydroxyl groups excluding tert-OH is 1. The molecule has 2 heterocycles. The number of likely N-dealkylation sites (tertiary alicyclic amines) is 2. The van der Waals surface area contributed by atoms with E-state index in [2.05, 4.69) is 10.2 Å². The Balaban J connectivity index is 1.50. The first-order valence-electron chi connectivity index (χ1n) is 9.76. The van der Waals surface area contributed by atoms with Crippen LogP contribution < -0.4 is 5.32 Å². The van der Waals surface area contributed by atoms with Crippen molar-refractivity contribution < 1.29 is 15.0 Å². The van der Waals surface area contributed by atoms with Gasteiger partial charge in [0.05, 0.1) is 12.6 Å². The molecule has 0 radical (unpaired) electrons. The zero-order valence-corrected chi connectivity index (χ0v) is 15.4. The van der Waals surface area contributed by atoms with Gasteiger partial charge in [0.25, 0.3) is 5.91 Å². The number of benzene rings is 1. The lowest BCUT2D eigenvalue weighted by Crippen LogP contribution is -2.62. The Hall–Kier alpha value is -1.47. The van der Waals surface area contributed by atoms with Crippen molar-refractivity contribution in [1.29, 1.82) is 0 Å². The van der Waals surface area contributed by atoms with Crippen molar-refractivity contribution in [2.24, 2.45) is 0 Å². The summed E-state index contributed by atoms with van der Waals surface area (Å²) < 4.78 is 0. The molecule has 2 fully saturated rings. The lowest BCUT2D eigenvalue weighted by atomic mass is 9.89. The molecule has 26 heavy (non-hydrogen) atoms. The summed E-state index contributed by atoms with van der Waals surface area (Å²) in [6.45, 7) is 4.94. The van der Waals surface area contributed by atoms with E-state index in [9.17, 15) is 15.0 Å². The number of aliphatic hydroxyl groups is 2. The number of hydrogen-bond donors (Lipinski definition) is 3. The van der Waals surface area contributed by atoms with E-state index in [0.29, 0.717) is 25.1 Å². The normalized spacial score (nSPS) is 27.5. The van der Waals surface area contributed by atoms with Crippen molar-refractivity contribution in [1.82, 2.24) is 15.1 Å². The Labute approximate surface area is 155 Å². The topological polar surface area (TPSA) is 76.0 Å². The van der Waals surface area contributed by atoms with Gasteiger partial charge < -0.3 is 25.3 Å². The van der Waals surface area contributed by atoms with Crippen molar-refractivity contribution in [3.63, 3.8) is 0 Å². The molecular weight excluding hydrogens is 330 g/mol. The lowest BCUT2D eigenvalue weighted by Gasteiger charge is -2.43. The molecule has 0 spiro atoms. The van der Waals surface area contributed by atoms with E-state index in [1.54, 1.807) is 17.0 Å². The van der Waals surface area contributed by atoms with Crippen LogP contribution in [0.15, 0.2) is 30.3 Å². The minimum atomic E-state index is -1.30. The Morgan fingerprint density at radius 3 is 2.62 bits per heavy atom. The summed E-state index contributed by atoms with van der Waals surface area (Å²) in [5, 5.41) is 24.5. The minimum absolute atomic E-state index is 0.0933. The summed E-state index contributed by atoms with van der Waals surface area (Å²) in [6, 6.07) is 9.10. The van der Waals surface area contributed by atoms with Gasteiger partial charge in [-0.2, -0.15) is 0 Å². The van der Waals surface area contributed by atoms with Gasteiger partial charge in [-0.25, -0.2) is 0 Å². The Morgan fingerprint density at radius 2 is 1.88 bits per heavy atom. The summed E-state index contributed by atoms with van der Waals surface area (Å²) in [4.78, 5) is 16.7. The smallest absolute Gasteiger partial charge is 0.253 e. The van der Waals surface area contributed by atoms with Gasteiger partial charge in [0.15, 0.2) is 0 Å². The predicted octanol–water partition coefficient (Wildman–Crippen LogP) is 0.700. The number of hydrogen-bond acceptors (Lipinski definition) is 5. The molecule has 1 aromatic carbocycles. The lowest BCUT2D eigenvalue weighted by molar-refractivity contribution is -0.111. The zero-order valence-electron chi connectivity index (χ0n) is 15.4. The first-order chi connectivity index (χ1) is 12.6. The second kappa shape index (κ2) is 8.95. The van der Waals surface area contributed by atoms with Gasteiger partial charge in [-0.3, -0.25) is 4.79 Å². The molecule has 1 aromatic rings. The molecule has 0 aliphatic carbocycles. The van der Waals surface area contributed by atoms with Gasteiger partial charge in [-0.05, 0) is 44.5 Å². The summed E-state index contributed by atoms with van der Waals surface area (Å²) in [5.74, 6) is -0.0933. The molecule has 3 N–H and O–H groups in total. The molecule has 2 aliphatic rings. The zero-order chi connectivity index (χ0) is 18.4. The largest absolute Gasteiger partial charge is 0.390 e. The molecule has 6 heteroatoms. The Bertz CT molecular complexity index is 577. The van der Waals surface area contributed by atoms with Gasteiger partial charge in [-0.15, -0.1) is 0 Å². The van der Waals surface area contributed by atoms with E-state index >= 15 is 0 Å². The van der Waals surface area contributed by atoms with Crippen LogP contribution in [0.5, 0.6) is 0 Å². The van der Waals surface area contributed by atoms with Crippen molar-refractivity contribution in [3.05, 3.63) is 35.9 Å². The first kappa shape index (κ1) is 19.3. The number of piperidine rings is 2. The van der Waals surface area contributed by atoms with E-state index in [0.717, 1.165) is 26.2 Å². The molecule has 6 nitrogen and oxygen atoms in total. The van der Waals surface area contributed by atoms with E-state index in [1.807, 2.05) is 18.2 Å². The molecule has 2 saturated heterocycles. The van der Waals surface area contributed by atoms with Crippen LogP contribution in [0.25, 0.3) is 0 Å². The number of β-amino-alcohol motifs (C(OH)–C–C–N with tert-alkyl or cyclic N) is 1. The number of carbonyl (C=O) groups excluding carboxylic acids is 1. The number of nitrogens with zero attached hydrogens (tertiary/aromatic N) is 2. The maximum Gasteiger partial charge on any atom is 0.253 e. The highest BCUT2D eigenvalue weighted by Gasteiger charge is 2.42. The van der Waals surface area contributed by atoms with Crippen LogP contribution in [-0.2, 0) is 0 Å². The second-order valence-electron chi connectivity index (χ2n) is 7.58. The number of amides is 1. The predicted molar refractivity (Wildman–Crippen MR) is 101 cm³/mol. The van der Waals surface area contributed by atoms with Crippen molar-refractivity contribution in [2.45, 2.75) is 37.4 Å². The van der Waals surface area contributed by atoms with Crippen molar-refractivity contribution in [3.8, 4) is 0 Å². The van der Waals surface area contributed by atoms with Gasteiger partial charge in [-0.1, -0.05) is 24.6 Å². The SMILES string of the molecule is O=C(c1ccccc1)N1CC[C@H](O)[C@@](O)(CNCCN2CCCCC2)C1. The fourth-order valence-corrected chi connectivity index (χ4v) is 3.90.